The number of aromatic nitrogens is 1. The maximum absolute atomic E-state index is 11.8. The first-order valence-corrected chi connectivity index (χ1v) is 8.84. The van der Waals surface area contributed by atoms with Gasteiger partial charge in [0.2, 0.25) is 11.8 Å². The zero-order valence-corrected chi connectivity index (χ0v) is 14.4. The number of anilines is 2. The van der Waals surface area contributed by atoms with Gasteiger partial charge in [0.05, 0.1) is 11.9 Å². The lowest BCUT2D eigenvalue weighted by atomic mass is 9.87. The van der Waals surface area contributed by atoms with E-state index in [1.165, 1.54) is 12.8 Å². The van der Waals surface area contributed by atoms with Gasteiger partial charge >= 0.3 is 0 Å². The fraction of sp³-hybridized carbons (Fsp3) is 0.611. The van der Waals surface area contributed by atoms with Crippen LogP contribution in [0.3, 0.4) is 0 Å². The quantitative estimate of drug-likeness (QED) is 0.828. The number of pyridine rings is 1. The van der Waals surface area contributed by atoms with Crippen molar-refractivity contribution in [2.45, 2.75) is 45.6 Å². The van der Waals surface area contributed by atoms with E-state index < -0.39 is 0 Å². The summed E-state index contributed by atoms with van der Waals surface area (Å²) in [6.45, 7) is 6.70. The predicted octanol–water partition coefficient (Wildman–Crippen LogP) is 2.17. The molecule has 0 bridgehead atoms. The molecule has 2 amide bonds. The highest BCUT2D eigenvalue weighted by atomic mass is 16.2. The SMILES string of the molecule is CC(C)C1CCN(c2ccc(NC3CCC(=O)NC3=O)cn2)CC1. The summed E-state index contributed by atoms with van der Waals surface area (Å²) in [6.07, 6.45) is 5.10. The molecule has 2 N–H and O–H groups in total. The molecule has 130 valence electrons. The summed E-state index contributed by atoms with van der Waals surface area (Å²) in [4.78, 5) is 29.8. The Labute approximate surface area is 143 Å². The second kappa shape index (κ2) is 7.20. The third-order valence-electron chi connectivity index (χ3n) is 5.13. The van der Waals surface area contributed by atoms with Crippen LogP contribution in [0.15, 0.2) is 18.3 Å². The number of rotatable bonds is 4. The molecule has 1 unspecified atom stereocenters. The summed E-state index contributed by atoms with van der Waals surface area (Å²) in [5, 5.41) is 5.51. The van der Waals surface area contributed by atoms with Crippen molar-refractivity contribution in [1.82, 2.24) is 10.3 Å². The van der Waals surface area contributed by atoms with E-state index in [4.69, 9.17) is 0 Å². The molecular formula is C18H26N4O2. The van der Waals surface area contributed by atoms with E-state index in [2.05, 4.69) is 34.4 Å². The highest BCUT2D eigenvalue weighted by Gasteiger charge is 2.26. The second-order valence-electron chi connectivity index (χ2n) is 7.12. The number of hydrogen-bond acceptors (Lipinski definition) is 5. The smallest absolute Gasteiger partial charge is 0.249 e. The molecule has 1 atom stereocenters. The van der Waals surface area contributed by atoms with Crippen molar-refractivity contribution < 1.29 is 9.59 Å². The lowest BCUT2D eigenvalue weighted by Crippen LogP contribution is -2.47. The molecule has 3 rings (SSSR count). The van der Waals surface area contributed by atoms with Crippen LogP contribution in [-0.2, 0) is 9.59 Å². The second-order valence-corrected chi connectivity index (χ2v) is 7.12. The molecule has 2 aliphatic heterocycles. The fourth-order valence-electron chi connectivity index (χ4n) is 3.49. The van der Waals surface area contributed by atoms with Crippen LogP contribution in [0.25, 0.3) is 0 Å². The number of imide groups is 1. The Morgan fingerprint density at radius 1 is 1.21 bits per heavy atom. The number of nitrogens with one attached hydrogen (secondary N) is 2. The normalized spacial score (nSPS) is 22.6. The summed E-state index contributed by atoms with van der Waals surface area (Å²) < 4.78 is 0. The molecule has 0 aliphatic carbocycles. The van der Waals surface area contributed by atoms with Crippen LogP contribution in [-0.4, -0.2) is 35.9 Å². The third kappa shape index (κ3) is 3.86. The van der Waals surface area contributed by atoms with Crippen LogP contribution in [0.5, 0.6) is 0 Å². The molecule has 0 spiro atoms. The molecule has 0 saturated carbocycles. The van der Waals surface area contributed by atoms with Crippen molar-refractivity contribution in [3.8, 4) is 0 Å². The standard InChI is InChI=1S/C18H26N4O2/c1-12(2)13-7-9-22(10-8-13)16-5-3-14(11-19-16)20-15-4-6-17(23)21-18(15)24/h3,5,11-13,15,20H,4,6-10H2,1-2H3,(H,21,23,24). The van der Waals surface area contributed by atoms with E-state index in [0.717, 1.165) is 36.4 Å². The molecule has 0 aromatic carbocycles. The van der Waals surface area contributed by atoms with Gasteiger partial charge in [0, 0.05) is 19.5 Å². The highest BCUT2D eigenvalue weighted by molar-refractivity contribution is 6.01. The molecular weight excluding hydrogens is 304 g/mol. The van der Waals surface area contributed by atoms with Gasteiger partial charge in [-0.05, 0) is 43.2 Å². The number of nitrogens with zero attached hydrogens (tertiary/aromatic N) is 2. The Bertz CT molecular complexity index is 592. The topological polar surface area (TPSA) is 74.3 Å². The van der Waals surface area contributed by atoms with E-state index in [1.807, 2.05) is 12.1 Å². The van der Waals surface area contributed by atoms with Gasteiger partial charge in [-0.3, -0.25) is 14.9 Å². The van der Waals surface area contributed by atoms with Gasteiger partial charge in [-0.15, -0.1) is 0 Å². The molecule has 2 saturated heterocycles. The molecule has 2 fully saturated rings. The van der Waals surface area contributed by atoms with Crippen LogP contribution in [0, 0.1) is 11.8 Å². The Morgan fingerprint density at radius 2 is 1.96 bits per heavy atom. The van der Waals surface area contributed by atoms with Gasteiger partial charge in [-0.25, -0.2) is 4.98 Å². The summed E-state index contributed by atoms with van der Waals surface area (Å²) >= 11 is 0. The van der Waals surface area contributed by atoms with Gasteiger partial charge < -0.3 is 10.2 Å². The van der Waals surface area contributed by atoms with Gasteiger partial charge in [0.25, 0.3) is 0 Å². The minimum atomic E-state index is -0.364. The molecule has 0 radical (unpaired) electrons. The number of carbonyl (C=O) groups excluding carboxylic acids is 2. The van der Waals surface area contributed by atoms with Crippen molar-refractivity contribution in [1.29, 1.82) is 0 Å². The van der Waals surface area contributed by atoms with E-state index >= 15 is 0 Å². The summed E-state index contributed by atoms with van der Waals surface area (Å²) in [6, 6.07) is 3.60. The number of piperidine rings is 2. The van der Waals surface area contributed by atoms with Crippen molar-refractivity contribution in [3.63, 3.8) is 0 Å². The fourth-order valence-corrected chi connectivity index (χ4v) is 3.49. The maximum atomic E-state index is 11.8. The predicted molar refractivity (Wildman–Crippen MR) is 93.8 cm³/mol. The van der Waals surface area contributed by atoms with E-state index in [9.17, 15) is 9.59 Å². The van der Waals surface area contributed by atoms with Crippen LogP contribution in [0.4, 0.5) is 11.5 Å². The molecule has 1 aromatic rings. The van der Waals surface area contributed by atoms with Gasteiger partial charge in [-0.1, -0.05) is 13.8 Å². The summed E-state index contributed by atoms with van der Waals surface area (Å²) in [7, 11) is 0. The van der Waals surface area contributed by atoms with Crippen LogP contribution >= 0.6 is 0 Å². The van der Waals surface area contributed by atoms with Crippen molar-refractivity contribution in [2.24, 2.45) is 11.8 Å². The molecule has 3 heterocycles. The van der Waals surface area contributed by atoms with Crippen LogP contribution in [0.2, 0.25) is 0 Å². The molecule has 1 aromatic heterocycles. The molecule has 2 aliphatic rings. The Hall–Kier alpha value is -2.11. The first-order valence-electron chi connectivity index (χ1n) is 8.84. The molecule has 6 nitrogen and oxygen atoms in total. The van der Waals surface area contributed by atoms with E-state index in [0.29, 0.717) is 12.8 Å². The number of amides is 2. The summed E-state index contributed by atoms with van der Waals surface area (Å²) in [5.41, 5.74) is 0.810. The third-order valence-corrected chi connectivity index (χ3v) is 5.13. The first kappa shape index (κ1) is 16.7. The first-order chi connectivity index (χ1) is 11.5. The average Bonchev–Trinajstić information content (AvgIpc) is 2.58. The van der Waals surface area contributed by atoms with Crippen molar-refractivity contribution >= 4 is 23.3 Å². The lowest BCUT2D eigenvalue weighted by Gasteiger charge is -2.34. The van der Waals surface area contributed by atoms with Crippen LogP contribution < -0.4 is 15.5 Å². The Morgan fingerprint density at radius 3 is 2.54 bits per heavy atom. The highest BCUT2D eigenvalue weighted by Crippen LogP contribution is 2.27. The molecule has 24 heavy (non-hydrogen) atoms. The van der Waals surface area contributed by atoms with Crippen LogP contribution in [0.1, 0.15) is 39.5 Å². The van der Waals surface area contributed by atoms with Gasteiger partial charge in [0.1, 0.15) is 11.9 Å². The van der Waals surface area contributed by atoms with E-state index in [-0.39, 0.29) is 17.9 Å². The van der Waals surface area contributed by atoms with Gasteiger partial charge in [-0.2, -0.15) is 0 Å². The Kier molecular flexibility index (Phi) is 5.02. The monoisotopic (exact) mass is 330 g/mol. The number of carbonyl (C=O) groups is 2. The number of hydrogen-bond donors (Lipinski definition) is 2. The minimum Gasteiger partial charge on any atom is -0.372 e. The zero-order valence-electron chi connectivity index (χ0n) is 14.4. The van der Waals surface area contributed by atoms with Crippen molar-refractivity contribution in [3.05, 3.63) is 18.3 Å². The largest absolute Gasteiger partial charge is 0.372 e. The lowest BCUT2D eigenvalue weighted by molar-refractivity contribution is -0.133. The minimum absolute atomic E-state index is 0.198. The van der Waals surface area contributed by atoms with E-state index in [1.54, 1.807) is 6.20 Å². The van der Waals surface area contributed by atoms with Crippen molar-refractivity contribution in [2.75, 3.05) is 23.3 Å². The van der Waals surface area contributed by atoms with Gasteiger partial charge in [0.15, 0.2) is 0 Å². The molecule has 6 heteroatoms. The Balaban J connectivity index is 1.56. The maximum Gasteiger partial charge on any atom is 0.249 e. The average molecular weight is 330 g/mol. The zero-order chi connectivity index (χ0) is 17.1. The summed E-state index contributed by atoms with van der Waals surface area (Å²) in [5.74, 6) is 2.10.